The van der Waals surface area contributed by atoms with E-state index in [2.05, 4.69) is 129 Å². The fraction of sp³-hybridized carbons (Fsp3) is 0.333. The quantitative estimate of drug-likeness (QED) is 0.325. The molecule has 0 fully saturated rings. The van der Waals surface area contributed by atoms with Crippen molar-refractivity contribution in [3.63, 3.8) is 0 Å². The number of halogens is 2. The molecule has 0 N–H and O–H groups in total. The van der Waals surface area contributed by atoms with E-state index >= 15 is 0 Å². The van der Waals surface area contributed by atoms with E-state index in [4.69, 9.17) is 0 Å². The summed E-state index contributed by atoms with van der Waals surface area (Å²) in [5.41, 5.74) is 16.5. The van der Waals surface area contributed by atoms with Gasteiger partial charge < -0.3 is 24.8 Å². The van der Waals surface area contributed by atoms with Crippen LogP contribution in [0.1, 0.15) is 61.1 Å². The number of fused-ring (bicyclic) bond motifs is 2. The smallest absolute Gasteiger partial charge is 1.00 e. The molecule has 6 rings (SSSR count). The van der Waals surface area contributed by atoms with Gasteiger partial charge in [-0.05, 0) is 38.2 Å². The molecule has 0 saturated heterocycles. The van der Waals surface area contributed by atoms with Crippen molar-refractivity contribution < 1.29 is 47.8 Å². The second kappa shape index (κ2) is 16.0. The van der Waals surface area contributed by atoms with Crippen LogP contribution in [-0.4, -0.2) is 16.0 Å². The molecule has 0 bridgehead atoms. The Hall–Kier alpha value is -0.753. The first-order valence-electron chi connectivity index (χ1n) is 14.0. The van der Waals surface area contributed by atoms with Gasteiger partial charge in [-0.15, -0.1) is 55.4 Å². The zero-order valence-corrected chi connectivity index (χ0v) is 34.1. The summed E-state index contributed by atoms with van der Waals surface area (Å²) in [5.74, 6) is 0. The average Bonchev–Trinajstić information content (AvgIpc) is 3.55. The molecular formula is C36H40Cl2HfS2Si-2. The summed E-state index contributed by atoms with van der Waals surface area (Å²) in [6.07, 6.45) is 11.6. The fourth-order valence-electron chi connectivity index (χ4n) is 5.38. The van der Waals surface area contributed by atoms with Crippen LogP contribution in [-0.2, 0) is 23.0 Å². The first-order chi connectivity index (χ1) is 18.8. The summed E-state index contributed by atoms with van der Waals surface area (Å²) in [6.45, 7) is 22.2. The summed E-state index contributed by atoms with van der Waals surface area (Å²) >= 11 is 5.37. The number of aryl methyl sites for hydroxylation is 4. The topological polar surface area (TPSA) is 0 Å². The largest absolute Gasteiger partial charge is 1.00 e. The number of allylic oxidation sites excluding steroid dienone is 8. The van der Waals surface area contributed by atoms with E-state index in [-0.39, 0.29) is 30.3 Å². The van der Waals surface area contributed by atoms with Gasteiger partial charge in [-0.3, -0.25) is 0 Å². The molecule has 6 heteroatoms. The van der Waals surface area contributed by atoms with Gasteiger partial charge in [0.1, 0.15) is 0 Å². The molecule has 2 heterocycles. The van der Waals surface area contributed by atoms with E-state index in [0.29, 0.717) is 10.5 Å². The number of benzene rings is 2. The van der Waals surface area contributed by atoms with E-state index in [1.54, 1.807) is 0 Å². The zero-order chi connectivity index (χ0) is 29.3. The van der Waals surface area contributed by atoms with E-state index in [9.17, 15) is 0 Å². The second-order valence-electron chi connectivity index (χ2n) is 11.4. The zero-order valence-electron chi connectivity index (χ0n) is 26.3. The molecule has 2 aliphatic heterocycles. The maximum Gasteiger partial charge on any atom is -1.00 e. The van der Waals surface area contributed by atoms with E-state index in [0.717, 1.165) is 0 Å². The molecule has 0 radical (unpaired) electrons. The van der Waals surface area contributed by atoms with Crippen molar-refractivity contribution >= 4 is 40.2 Å². The first-order valence-corrected chi connectivity index (χ1v) is 23.6. The van der Waals surface area contributed by atoms with Crippen LogP contribution in [0.3, 0.4) is 0 Å². The first kappa shape index (κ1) is 37.4. The van der Waals surface area contributed by atoms with Crippen molar-refractivity contribution in [3.05, 3.63) is 126 Å². The molecule has 2 aromatic rings. The predicted octanol–water partition coefficient (Wildman–Crippen LogP) is 4.47. The van der Waals surface area contributed by atoms with Gasteiger partial charge in [-0.25, -0.2) is 0 Å². The van der Waals surface area contributed by atoms with Gasteiger partial charge in [0.05, 0.1) is 0 Å². The van der Waals surface area contributed by atoms with Crippen LogP contribution in [0.2, 0.25) is 13.1 Å². The van der Waals surface area contributed by atoms with Crippen molar-refractivity contribution in [2.24, 2.45) is 0 Å². The minimum absolute atomic E-state index is 0. The molecule has 2 atom stereocenters. The molecule has 0 saturated carbocycles. The Morgan fingerprint density at radius 3 is 1.31 bits per heavy atom. The maximum absolute atomic E-state index is 3.52. The molecule has 0 nitrogen and oxygen atoms in total. The van der Waals surface area contributed by atoms with E-state index < -0.39 is 0 Å². The van der Waals surface area contributed by atoms with Gasteiger partial charge in [0, 0.05) is 0 Å². The molecular weight excluding hydrogens is 774 g/mol. The van der Waals surface area contributed by atoms with Gasteiger partial charge in [0.2, 0.25) is 0 Å². The SMILES string of the molecule is CC1=[C-]C2=C(c3cc(C)ccc3C)C(C)SC2=C1.CC1=[C-]C2=C(c3cc(C)ccc3C)C(C)SC2=C1.C[Si](C)=[Hf+2].[Cl-].[Cl-]. The Balaban J connectivity index is 0.000000250. The second-order valence-corrected chi connectivity index (χ2v) is 26.9. The van der Waals surface area contributed by atoms with Crippen LogP contribution in [0.4, 0.5) is 0 Å². The van der Waals surface area contributed by atoms with Crippen LogP contribution in [0.5, 0.6) is 0 Å². The van der Waals surface area contributed by atoms with Crippen molar-refractivity contribution in [2.75, 3.05) is 0 Å². The Morgan fingerprint density at radius 1 is 0.643 bits per heavy atom. The predicted molar refractivity (Wildman–Crippen MR) is 178 cm³/mol. The Bertz CT molecular complexity index is 1460. The van der Waals surface area contributed by atoms with Crippen molar-refractivity contribution in [3.8, 4) is 0 Å². The van der Waals surface area contributed by atoms with Gasteiger partial charge in [-0.1, -0.05) is 97.5 Å². The van der Waals surface area contributed by atoms with Crippen molar-refractivity contribution in [1.82, 2.24) is 0 Å². The number of hydrogen-bond donors (Lipinski definition) is 0. The minimum atomic E-state index is 0. The monoisotopic (exact) mass is 814 g/mol. The summed E-state index contributed by atoms with van der Waals surface area (Å²) in [7, 11) is 0. The van der Waals surface area contributed by atoms with Crippen LogP contribution in [0.15, 0.2) is 80.7 Å². The van der Waals surface area contributed by atoms with Gasteiger partial charge in [0.15, 0.2) is 0 Å². The van der Waals surface area contributed by atoms with Crippen LogP contribution < -0.4 is 24.8 Å². The van der Waals surface area contributed by atoms with Crippen molar-refractivity contribution in [2.45, 2.75) is 79.0 Å². The van der Waals surface area contributed by atoms with Gasteiger partial charge in [-0.2, -0.15) is 35.7 Å². The molecule has 42 heavy (non-hydrogen) atoms. The molecule has 2 unspecified atom stereocenters. The number of hydrogen-bond acceptors (Lipinski definition) is 2. The average molecular weight is 814 g/mol. The van der Waals surface area contributed by atoms with E-state index in [1.807, 2.05) is 23.5 Å². The van der Waals surface area contributed by atoms with Crippen molar-refractivity contribution in [1.29, 1.82) is 0 Å². The molecule has 220 valence electrons. The van der Waals surface area contributed by atoms with Gasteiger partial charge >= 0.3 is 41.6 Å². The van der Waals surface area contributed by atoms with Crippen LogP contribution >= 0.6 is 23.5 Å². The Labute approximate surface area is 290 Å². The molecule has 0 amide bonds. The number of rotatable bonds is 2. The third-order valence-electron chi connectivity index (χ3n) is 7.16. The molecule has 0 spiro atoms. The summed E-state index contributed by atoms with van der Waals surface area (Å²) < 4.78 is 0. The third kappa shape index (κ3) is 8.70. The molecule has 2 aliphatic carbocycles. The van der Waals surface area contributed by atoms with Gasteiger partial charge in [0.25, 0.3) is 0 Å². The molecule has 0 aromatic heterocycles. The third-order valence-corrected chi connectivity index (χ3v) is 9.49. The summed E-state index contributed by atoms with van der Waals surface area (Å²) in [5, 5.41) is 1.07. The minimum Gasteiger partial charge on any atom is -1.00 e. The van der Waals surface area contributed by atoms with E-state index in [1.165, 1.54) is 99.6 Å². The number of thioether (sulfide) groups is 2. The maximum atomic E-state index is 3.52. The molecule has 2 aromatic carbocycles. The molecule has 4 aliphatic rings. The Morgan fingerprint density at radius 2 is 0.976 bits per heavy atom. The summed E-state index contributed by atoms with van der Waals surface area (Å²) in [6, 6.07) is 13.5. The fourth-order valence-corrected chi connectivity index (χ4v) is 7.91. The van der Waals surface area contributed by atoms with Crippen LogP contribution in [0.25, 0.3) is 11.1 Å². The Kier molecular flexibility index (Phi) is 14.3. The normalized spacial score (nSPS) is 19.6. The summed E-state index contributed by atoms with van der Waals surface area (Å²) in [4.78, 5) is 2.80. The van der Waals surface area contributed by atoms with Crippen LogP contribution in [0, 0.1) is 39.8 Å². The standard InChI is InChI=1S/2C17H17S.C2H6Si.2ClH.Hf/c2*1-10-5-6-12(3)14(7-10)17-13(4)18-16-9-11(2)8-15(16)17;1-3-2;;;/h2*5-7,9,13H,1-4H3;1-2H3;2*1H;/q2*-1;;;;+2/p-2.